The highest BCUT2D eigenvalue weighted by atomic mass is 32.2. The van der Waals surface area contributed by atoms with Gasteiger partial charge in [0.1, 0.15) is 12.7 Å². The van der Waals surface area contributed by atoms with E-state index in [9.17, 15) is 27.6 Å². The molecule has 0 saturated carbocycles. The number of nitrogens with zero attached hydrogens (tertiary/aromatic N) is 1. The molecule has 330 valence electrons. The number of esters is 4. The van der Waals surface area contributed by atoms with Crippen LogP contribution in [0.1, 0.15) is 58.1 Å². The zero-order valence-corrected chi connectivity index (χ0v) is 36.0. The summed E-state index contributed by atoms with van der Waals surface area (Å²) in [5.41, 5.74) is 2.41. The van der Waals surface area contributed by atoms with Crippen LogP contribution in [0, 0.1) is 18.9 Å². The molecule has 0 aliphatic carbocycles. The Bertz CT molecular complexity index is 2760. The minimum Gasteiger partial charge on any atom is -0.459 e. The molecular formula is C51H43NO12S. The Morgan fingerprint density at radius 2 is 1.02 bits per heavy atom. The summed E-state index contributed by atoms with van der Waals surface area (Å²) in [7, 11) is -2.63. The van der Waals surface area contributed by atoms with E-state index in [1.807, 2.05) is 6.92 Å². The lowest BCUT2D eigenvalue weighted by Gasteiger charge is -2.44. The lowest BCUT2D eigenvalue weighted by molar-refractivity contribution is -0.301. The van der Waals surface area contributed by atoms with Crippen LogP contribution in [-0.2, 0) is 45.1 Å². The van der Waals surface area contributed by atoms with Crippen LogP contribution in [0.15, 0.2) is 175 Å². The number of sulfonamides is 1. The lowest BCUT2D eigenvalue weighted by atomic mass is 9.97. The SMILES string of the molecule is Cc1ccc(S(=O)(=O)N(C)C#Cc2ccccc2COC2O[C@H](COC(=O)c3ccccc3)[C@@H](OC(=O)c3ccccc3)[C@H](OC(=O)c3ccccc3)[C@H]2OC(=O)c2ccccc2)cc1. The van der Waals surface area contributed by atoms with Crippen molar-refractivity contribution in [1.29, 1.82) is 0 Å². The Morgan fingerprint density at radius 1 is 0.569 bits per heavy atom. The van der Waals surface area contributed by atoms with Gasteiger partial charge in [-0.3, -0.25) is 0 Å². The van der Waals surface area contributed by atoms with Crippen LogP contribution in [0.4, 0.5) is 0 Å². The van der Waals surface area contributed by atoms with Gasteiger partial charge < -0.3 is 28.4 Å². The molecule has 5 atom stereocenters. The number of rotatable bonds is 14. The van der Waals surface area contributed by atoms with Crippen LogP contribution in [0.2, 0.25) is 0 Å². The summed E-state index contributed by atoms with van der Waals surface area (Å²) in [5, 5.41) is 0. The van der Waals surface area contributed by atoms with Crippen LogP contribution in [0.3, 0.4) is 0 Å². The van der Waals surface area contributed by atoms with Gasteiger partial charge in [0.2, 0.25) is 0 Å². The predicted molar refractivity (Wildman–Crippen MR) is 237 cm³/mol. The molecule has 14 heteroatoms. The molecule has 1 unspecified atom stereocenters. The predicted octanol–water partition coefficient (Wildman–Crippen LogP) is 7.40. The first kappa shape index (κ1) is 45.5. The molecule has 0 bridgehead atoms. The molecule has 1 fully saturated rings. The normalized spacial score (nSPS) is 17.9. The number of aryl methyl sites for hydroxylation is 1. The molecule has 0 radical (unpaired) electrons. The maximum atomic E-state index is 14.0. The van der Waals surface area contributed by atoms with Gasteiger partial charge in [0, 0.05) is 18.7 Å². The van der Waals surface area contributed by atoms with Crippen molar-refractivity contribution in [2.75, 3.05) is 13.7 Å². The summed E-state index contributed by atoms with van der Waals surface area (Å²) in [6.45, 7) is 1.04. The van der Waals surface area contributed by atoms with E-state index in [0.29, 0.717) is 11.1 Å². The first-order valence-electron chi connectivity index (χ1n) is 20.4. The largest absolute Gasteiger partial charge is 0.459 e. The van der Waals surface area contributed by atoms with Crippen molar-refractivity contribution in [3.05, 3.63) is 209 Å². The van der Waals surface area contributed by atoms with Crippen LogP contribution >= 0.6 is 0 Å². The third kappa shape index (κ3) is 11.5. The van der Waals surface area contributed by atoms with Gasteiger partial charge in [-0.1, -0.05) is 109 Å². The van der Waals surface area contributed by atoms with Crippen molar-refractivity contribution in [3.63, 3.8) is 0 Å². The lowest BCUT2D eigenvalue weighted by Crippen LogP contribution is -2.63. The van der Waals surface area contributed by atoms with Gasteiger partial charge in [-0.25, -0.2) is 31.9 Å². The first-order valence-corrected chi connectivity index (χ1v) is 21.8. The van der Waals surface area contributed by atoms with E-state index in [4.69, 9.17) is 28.4 Å². The second kappa shape index (κ2) is 21.2. The van der Waals surface area contributed by atoms with Crippen molar-refractivity contribution in [1.82, 2.24) is 4.31 Å². The van der Waals surface area contributed by atoms with Crippen LogP contribution in [-0.4, -0.2) is 81.0 Å². The van der Waals surface area contributed by atoms with Gasteiger partial charge in [0.05, 0.1) is 33.8 Å². The van der Waals surface area contributed by atoms with E-state index in [0.717, 1.165) is 9.87 Å². The van der Waals surface area contributed by atoms with Crippen LogP contribution in [0.5, 0.6) is 0 Å². The smallest absolute Gasteiger partial charge is 0.338 e. The van der Waals surface area contributed by atoms with E-state index >= 15 is 0 Å². The average Bonchev–Trinajstić information content (AvgIpc) is 3.34. The van der Waals surface area contributed by atoms with Crippen molar-refractivity contribution in [2.24, 2.45) is 0 Å². The Kier molecular flexibility index (Phi) is 14.8. The highest BCUT2D eigenvalue weighted by Gasteiger charge is 2.53. The number of benzene rings is 6. The van der Waals surface area contributed by atoms with Gasteiger partial charge in [-0.2, -0.15) is 0 Å². The van der Waals surface area contributed by atoms with Gasteiger partial charge in [0.25, 0.3) is 10.0 Å². The molecule has 65 heavy (non-hydrogen) atoms. The van der Waals surface area contributed by atoms with E-state index in [-0.39, 0.29) is 33.8 Å². The molecular weight excluding hydrogens is 851 g/mol. The highest BCUT2D eigenvalue weighted by molar-refractivity contribution is 7.89. The van der Waals surface area contributed by atoms with Crippen molar-refractivity contribution in [3.8, 4) is 12.0 Å². The molecule has 7 rings (SSSR count). The van der Waals surface area contributed by atoms with Gasteiger partial charge >= 0.3 is 23.9 Å². The minimum absolute atomic E-state index is 0.0707. The van der Waals surface area contributed by atoms with Gasteiger partial charge in [-0.05, 0) is 85.1 Å². The molecule has 1 heterocycles. The zero-order chi connectivity index (χ0) is 45.8. The summed E-state index contributed by atoms with van der Waals surface area (Å²) < 4.78 is 64.6. The Hall–Kier alpha value is -7.57. The third-order valence-corrected chi connectivity index (χ3v) is 11.9. The molecule has 13 nitrogen and oxygen atoms in total. The molecule has 1 saturated heterocycles. The van der Waals surface area contributed by atoms with Crippen molar-refractivity contribution >= 4 is 33.9 Å². The maximum Gasteiger partial charge on any atom is 0.338 e. The molecule has 0 spiro atoms. The minimum atomic E-state index is -3.97. The van der Waals surface area contributed by atoms with Crippen LogP contribution in [0.25, 0.3) is 0 Å². The van der Waals surface area contributed by atoms with E-state index in [1.165, 1.54) is 55.6 Å². The maximum absolute atomic E-state index is 14.0. The van der Waals surface area contributed by atoms with E-state index in [2.05, 4.69) is 12.0 Å². The van der Waals surface area contributed by atoms with Gasteiger partial charge in [-0.15, -0.1) is 0 Å². The Labute approximate surface area is 376 Å². The number of ether oxygens (including phenoxy) is 6. The zero-order valence-electron chi connectivity index (χ0n) is 35.2. The molecule has 0 amide bonds. The van der Waals surface area contributed by atoms with E-state index < -0.39 is 71.2 Å². The third-order valence-electron chi connectivity index (χ3n) is 10.2. The quantitative estimate of drug-likeness (QED) is 0.0462. The molecule has 1 aliphatic heterocycles. The summed E-state index contributed by atoms with van der Waals surface area (Å²) in [6.07, 6.45) is -7.76. The highest BCUT2D eigenvalue weighted by Crippen LogP contribution is 2.32. The summed E-state index contributed by atoms with van der Waals surface area (Å²) in [6, 6.07) is 48.2. The van der Waals surface area contributed by atoms with Crippen molar-refractivity contribution in [2.45, 2.75) is 49.1 Å². The van der Waals surface area contributed by atoms with E-state index in [1.54, 1.807) is 121 Å². The van der Waals surface area contributed by atoms with Crippen molar-refractivity contribution < 1.29 is 56.0 Å². The second-order valence-electron chi connectivity index (χ2n) is 14.7. The molecule has 1 aliphatic rings. The number of hydrogen-bond acceptors (Lipinski definition) is 12. The standard InChI is InChI=1S/C51H43NO12S/c1-35-27-29-42(30-28-35)65(57,58)52(2)32-31-36-17-15-16-26-41(36)33-60-51-46(64-50(56)40-24-13-6-14-25-40)45(63-49(55)39-22-11-5-12-23-39)44(62-48(54)38-20-9-4-10-21-38)43(61-51)34-59-47(53)37-18-7-3-8-19-37/h3-30,43-46,51H,33-34H2,1-2H3/t43-,44-,45+,46-,51?/m1/s1. The average molecular weight is 894 g/mol. The van der Waals surface area contributed by atoms with Gasteiger partial charge in [0.15, 0.2) is 24.6 Å². The second-order valence-corrected chi connectivity index (χ2v) is 16.7. The molecule has 0 N–H and O–H groups in total. The fraction of sp³-hybridized carbons (Fsp3) is 0.176. The number of carbonyl (C=O) groups is 4. The molecule has 6 aromatic carbocycles. The monoisotopic (exact) mass is 893 g/mol. The summed E-state index contributed by atoms with van der Waals surface area (Å²) in [4.78, 5) is 55.1. The van der Waals surface area contributed by atoms with Crippen LogP contribution < -0.4 is 0 Å². The topological polar surface area (TPSA) is 161 Å². The summed E-state index contributed by atoms with van der Waals surface area (Å²) in [5.74, 6) is -0.356. The Balaban J connectivity index is 1.26. The fourth-order valence-electron chi connectivity index (χ4n) is 6.67. The molecule has 6 aromatic rings. The molecule has 0 aromatic heterocycles. The fourth-order valence-corrected chi connectivity index (χ4v) is 7.63. The number of hydrogen-bond donors (Lipinski definition) is 0. The first-order chi connectivity index (χ1) is 31.5. The summed E-state index contributed by atoms with van der Waals surface area (Å²) >= 11 is 0. The number of carbonyl (C=O) groups excluding carboxylic acids is 4. The Morgan fingerprint density at radius 3 is 1.54 bits per heavy atom.